The van der Waals surface area contributed by atoms with Gasteiger partial charge in [0, 0.05) is 55.8 Å². The van der Waals surface area contributed by atoms with Crippen molar-refractivity contribution in [3.05, 3.63) is 35.4 Å². The number of nitrogens with zero attached hydrogens (tertiary/aromatic N) is 3. The van der Waals surface area contributed by atoms with Gasteiger partial charge in [-0.15, -0.1) is 0 Å². The zero-order valence-electron chi connectivity index (χ0n) is 22.2. The van der Waals surface area contributed by atoms with Crippen molar-refractivity contribution in [3.63, 3.8) is 0 Å². The Balaban J connectivity index is 1.77. The molecule has 4 amide bonds. The number of rotatable bonds is 11. The van der Waals surface area contributed by atoms with Crippen molar-refractivity contribution in [2.24, 2.45) is 5.92 Å². The maximum absolute atomic E-state index is 13.6. The second-order valence-electron chi connectivity index (χ2n) is 10.3. The quantitative estimate of drug-likeness (QED) is 0.503. The Labute approximate surface area is 213 Å². The van der Waals surface area contributed by atoms with E-state index in [1.165, 1.54) is 0 Å². The fourth-order valence-electron chi connectivity index (χ4n) is 5.19. The van der Waals surface area contributed by atoms with Crippen LogP contribution in [0.15, 0.2) is 34.1 Å². The van der Waals surface area contributed by atoms with E-state index >= 15 is 0 Å². The minimum atomic E-state index is -0.626. The number of allylic oxidation sites excluding steroid dienone is 1. The van der Waals surface area contributed by atoms with E-state index in [0.717, 1.165) is 13.0 Å². The van der Waals surface area contributed by atoms with Gasteiger partial charge in [0.2, 0.25) is 17.7 Å². The molecule has 1 unspecified atom stereocenters. The lowest BCUT2D eigenvalue weighted by atomic mass is 9.88. The molecule has 1 N–H and O–H groups in total. The van der Waals surface area contributed by atoms with Gasteiger partial charge >= 0.3 is 0 Å². The molecule has 9 nitrogen and oxygen atoms in total. The summed E-state index contributed by atoms with van der Waals surface area (Å²) in [5, 5.41) is 2.81. The van der Waals surface area contributed by atoms with Crippen molar-refractivity contribution in [3.8, 4) is 0 Å². The minimum absolute atomic E-state index is 0.0000940. The molecular formula is C27H40N4O5. The highest BCUT2D eigenvalue weighted by molar-refractivity contribution is 5.99. The van der Waals surface area contributed by atoms with E-state index in [9.17, 15) is 19.2 Å². The lowest BCUT2D eigenvalue weighted by Crippen LogP contribution is -2.48. The van der Waals surface area contributed by atoms with Crippen molar-refractivity contribution in [1.29, 1.82) is 0 Å². The van der Waals surface area contributed by atoms with E-state index in [0.29, 0.717) is 43.0 Å². The molecule has 198 valence electrons. The molecule has 3 rings (SSSR count). The molecule has 1 aromatic rings. The lowest BCUT2D eigenvalue weighted by molar-refractivity contribution is -0.139. The number of likely N-dealkylation sites (tertiary alicyclic amines) is 1. The highest BCUT2D eigenvalue weighted by atomic mass is 16.3. The highest BCUT2D eigenvalue weighted by Gasteiger charge is 2.38. The molecule has 0 radical (unpaired) electrons. The van der Waals surface area contributed by atoms with Crippen molar-refractivity contribution >= 4 is 23.6 Å². The van der Waals surface area contributed by atoms with Gasteiger partial charge in [0.05, 0.1) is 18.7 Å². The molecule has 0 saturated carbocycles. The van der Waals surface area contributed by atoms with Crippen LogP contribution in [-0.2, 0) is 25.7 Å². The fourth-order valence-corrected chi connectivity index (χ4v) is 5.19. The predicted molar refractivity (Wildman–Crippen MR) is 135 cm³/mol. The van der Waals surface area contributed by atoms with Gasteiger partial charge in [-0.25, -0.2) is 0 Å². The van der Waals surface area contributed by atoms with Gasteiger partial charge in [-0.1, -0.05) is 0 Å². The molecule has 0 aromatic carbocycles. The first-order valence-corrected chi connectivity index (χ1v) is 13.0. The summed E-state index contributed by atoms with van der Waals surface area (Å²) in [6.07, 6.45) is 3.83. The number of hydrogen-bond acceptors (Lipinski definition) is 5. The van der Waals surface area contributed by atoms with Gasteiger partial charge in [-0.05, 0) is 66.0 Å². The third kappa shape index (κ3) is 6.56. The van der Waals surface area contributed by atoms with Gasteiger partial charge in [-0.3, -0.25) is 19.2 Å². The molecule has 1 saturated heterocycles. The summed E-state index contributed by atoms with van der Waals surface area (Å²) in [5.41, 5.74) is 1.23. The molecule has 1 atom stereocenters. The van der Waals surface area contributed by atoms with Crippen LogP contribution in [-0.4, -0.2) is 70.0 Å². The van der Waals surface area contributed by atoms with Gasteiger partial charge < -0.3 is 24.4 Å². The maximum Gasteiger partial charge on any atom is 0.252 e. The average Bonchev–Trinajstić information content (AvgIpc) is 3.47. The van der Waals surface area contributed by atoms with Crippen LogP contribution in [0, 0.1) is 5.92 Å². The third-order valence-electron chi connectivity index (χ3n) is 6.97. The molecular weight excluding hydrogens is 460 g/mol. The normalized spacial score (nSPS) is 18.6. The first-order chi connectivity index (χ1) is 17.1. The SMILES string of the molecule is CC1=C(C(=O)N(C(C)C)C(C)C)CC(CC(=O)NCc2ccco2)C(=O)N1CCCN1CCCC1=O. The van der Waals surface area contributed by atoms with Crippen LogP contribution in [0.3, 0.4) is 0 Å². The van der Waals surface area contributed by atoms with Crippen molar-refractivity contribution in [2.75, 3.05) is 19.6 Å². The Morgan fingerprint density at radius 2 is 1.89 bits per heavy atom. The first kappa shape index (κ1) is 27.5. The van der Waals surface area contributed by atoms with Crippen LogP contribution in [0.4, 0.5) is 0 Å². The molecule has 1 fully saturated rings. The van der Waals surface area contributed by atoms with Crippen molar-refractivity contribution in [2.45, 2.75) is 85.4 Å². The third-order valence-corrected chi connectivity index (χ3v) is 6.97. The largest absolute Gasteiger partial charge is 0.467 e. The maximum atomic E-state index is 13.6. The number of carbonyl (C=O) groups excluding carboxylic acids is 4. The zero-order valence-corrected chi connectivity index (χ0v) is 22.2. The zero-order chi connectivity index (χ0) is 26.4. The smallest absolute Gasteiger partial charge is 0.252 e. The number of nitrogens with one attached hydrogen (secondary N) is 1. The van der Waals surface area contributed by atoms with Crippen molar-refractivity contribution in [1.82, 2.24) is 20.0 Å². The number of amides is 4. The van der Waals surface area contributed by atoms with E-state index in [4.69, 9.17) is 4.42 Å². The second kappa shape index (κ2) is 12.2. The predicted octanol–water partition coefficient (Wildman–Crippen LogP) is 3.07. The average molecular weight is 501 g/mol. The minimum Gasteiger partial charge on any atom is -0.467 e. The molecule has 0 bridgehead atoms. The number of furan rings is 1. The first-order valence-electron chi connectivity index (χ1n) is 13.0. The van der Waals surface area contributed by atoms with Crippen LogP contribution in [0.25, 0.3) is 0 Å². The Bertz CT molecular complexity index is 974. The highest BCUT2D eigenvalue weighted by Crippen LogP contribution is 2.32. The number of carbonyl (C=O) groups is 4. The monoisotopic (exact) mass is 500 g/mol. The van der Waals surface area contributed by atoms with Crippen LogP contribution in [0.5, 0.6) is 0 Å². The van der Waals surface area contributed by atoms with E-state index in [1.807, 2.05) is 44.4 Å². The molecule has 2 aliphatic rings. The Hall–Kier alpha value is -3.10. The summed E-state index contributed by atoms with van der Waals surface area (Å²) in [4.78, 5) is 57.1. The number of hydrogen-bond donors (Lipinski definition) is 1. The Kier molecular flexibility index (Phi) is 9.34. The van der Waals surface area contributed by atoms with Crippen LogP contribution >= 0.6 is 0 Å². The molecule has 9 heteroatoms. The summed E-state index contributed by atoms with van der Waals surface area (Å²) in [6, 6.07) is 3.52. The summed E-state index contributed by atoms with van der Waals surface area (Å²) in [6.45, 7) is 11.7. The fraction of sp³-hybridized carbons (Fsp3) is 0.630. The molecule has 0 aliphatic carbocycles. The van der Waals surface area contributed by atoms with Crippen LogP contribution < -0.4 is 5.32 Å². The molecule has 36 heavy (non-hydrogen) atoms. The standard InChI is InChI=1S/C27H40N4O5/c1-18(2)31(19(3)4)27(35)23-15-21(16-24(32)28-17-22-9-7-14-36-22)26(34)30(20(23)5)13-8-12-29-11-6-10-25(29)33/h7,9,14,18-19,21H,6,8,10-13,15-17H2,1-5H3,(H,28,32). The summed E-state index contributed by atoms with van der Waals surface area (Å²) in [5.74, 6) is -0.343. The Morgan fingerprint density at radius 1 is 1.17 bits per heavy atom. The molecule has 0 spiro atoms. The van der Waals surface area contributed by atoms with Crippen molar-refractivity contribution < 1.29 is 23.6 Å². The lowest BCUT2D eigenvalue weighted by Gasteiger charge is -2.38. The Morgan fingerprint density at radius 3 is 2.47 bits per heavy atom. The van der Waals surface area contributed by atoms with E-state index < -0.39 is 5.92 Å². The second-order valence-corrected chi connectivity index (χ2v) is 10.3. The van der Waals surface area contributed by atoms with Gasteiger partial charge in [0.1, 0.15) is 5.76 Å². The van der Waals surface area contributed by atoms with Gasteiger partial charge in [0.15, 0.2) is 0 Å². The molecule has 2 aliphatic heterocycles. The summed E-state index contributed by atoms with van der Waals surface area (Å²) in [7, 11) is 0. The van der Waals surface area contributed by atoms with Crippen LogP contribution in [0.2, 0.25) is 0 Å². The van der Waals surface area contributed by atoms with Gasteiger partial charge in [0.25, 0.3) is 5.91 Å². The van der Waals surface area contributed by atoms with Gasteiger partial charge in [-0.2, -0.15) is 0 Å². The summed E-state index contributed by atoms with van der Waals surface area (Å²) < 4.78 is 5.26. The molecule has 3 heterocycles. The van der Waals surface area contributed by atoms with E-state index in [1.54, 1.807) is 23.3 Å². The van der Waals surface area contributed by atoms with Crippen LogP contribution in [0.1, 0.15) is 72.5 Å². The van der Waals surface area contributed by atoms with E-state index in [2.05, 4.69) is 5.32 Å². The topological polar surface area (TPSA) is 103 Å². The summed E-state index contributed by atoms with van der Waals surface area (Å²) >= 11 is 0. The van der Waals surface area contributed by atoms with E-state index in [-0.39, 0.29) is 55.1 Å². The molecule has 1 aromatic heterocycles.